The third kappa shape index (κ3) is 5.50. The van der Waals surface area contributed by atoms with Gasteiger partial charge in [0.05, 0.1) is 15.9 Å². The first-order valence-electron chi connectivity index (χ1n) is 9.77. The Kier molecular flexibility index (Phi) is 6.32. The molecule has 1 amide bonds. The minimum atomic E-state index is -4.90. The van der Waals surface area contributed by atoms with Gasteiger partial charge >= 0.3 is 6.18 Å². The fourth-order valence-electron chi connectivity index (χ4n) is 3.09. The maximum Gasteiger partial charge on any atom is 0.455 e. The standard InChI is InChI=1S/C24H16F3N3O2S/c25-24(26,27)23(32)21-8-7-20(33-21)17-3-1-2-15(12-17)5-9-22(31)30-14-16-4-6-18-19(13-16)29-11-10-28-18/h1-13H,14H2,(H,30,31). The number of rotatable bonds is 6. The lowest BCUT2D eigenvalue weighted by Gasteiger charge is -2.04. The molecule has 0 bridgehead atoms. The number of aromatic nitrogens is 2. The van der Waals surface area contributed by atoms with Crippen LogP contribution in [0.25, 0.3) is 27.6 Å². The molecule has 1 N–H and O–H groups in total. The van der Waals surface area contributed by atoms with Crippen LogP contribution in [0.4, 0.5) is 13.2 Å². The molecule has 0 fully saturated rings. The van der Waals surface area contributed by atoms with Gasteiger partial charge in [0.2, 0.25) is 5.91 Å². The highest BCUT2D eigenvalue weighted by Crippen LogP contribution is 2.32. The predicted octanol–water partition coefficient (Wildman–Crippen LogP) is 5.43. The van der Waals surface area contributed by atoms with Crippen molar-refractivity contribution >= 4 is 40.1 Å². The van der Waals surface area contributed by atoms with Crippen molar-refractivity contribution in [2.24, 2.45) is 0 Å². The number of Topliss-reactive ketones (excluding diaryl/α,β-unsaturated/α-hetero) is 1. The fourth-order valence-corrected chi connectivity index (χ4v) is 4.05. The summed E-state index contributed by atoms with van der Waals surface area (Å²) in [5, 5.41) is 2.79. The van der Waals surface area contributed by atoms with Gasteiger partial charge in [-0.1, -0.05) is 24.3 Å². The lowest BCUT2D eigenvalue weighted by atomic mass is 10.1. The molecule has 9 heteroatoms. The molecule has 0 saturated carbocycles. The third-order valence-corrected chi connectivity index (χ3v) is 5.82. The number of fused-ring (bicyclic) bond motifs is 1. The van der Waals surface area contributed by atoms with E-state index in [1.54, 1.807) is 42.7 Å². The zero-order valence-electron chi connectivity index (χ0n) is 17.0. The number of halogens is 3. The first-order chi connectivity index (χ1) is 15.8. The number of carbonyl (C=O) groups excluding carboxylic acids is 2. The number of thiophene rings is 1. The quantitative estimate of drug-likeness (QED) is 0.303. The molecule has 5 nitrogen and oxygen atoms in total. The fraction of sp³-hybridized carbons (Fsp3) is 0.0833. The van der Waals surface area contributed by atoms with Crippen molar-refractivity contribution in [1.82, 2.24) is 15.3 Å². The molecule has 4 rings (SSSR count). The maximum absolute atomic E-state index is 12.6. The normalized spacial score (nSPS) is 11.7. The summed E-state index contributed by atoms with van der Waals surface area (Å²) in [6.07, 6.45) is 1.31. The van der Waals surface area contributed by atoms with E-state index in [1.165, 1.54) is 18.2 Å². The van der Waals surface area contributed by atoms with Crippen LogP contribution in [0, 0.1) is 0 Å². The van der Waals surface area contributed by atoms with E-state index in [-0.39, 0.29) is 10.8 Å². The lowest BCUT2D eigenvalue weighted by molar-refractivity contribution is -0.116. The average molecular weight is 467 g/mol. The van der Waals surface area contributed by atoms with Gasteiger partial charge in [-0.2, -0.15) is 13.2 Å². The van der Waals surface area contributed by atoms with Crippen LogP contribution in [-0.2, 0) is 11.3 Å². The van der Waals surface area contributed by atoms with Crippen molar-refractivity contribution in [3.8, 4) is 10.4 Å². The van der Waals surface area contributed by atoms with Crippen molar-refractivity contribution in [3.63, 3.8) is 0 Å². The van der Waals surface area contributed by atoms with Gasteiger partial charge in [0.15, 0.2) is 0 Å². The molecule has 0 aliphatic heterocycles. The van der Waals surface area contributed by atoms with E-state index >= 15 is 0 Å². The third-order valence-electron chi connectivity index (χ3n) is 4.69. The Morgan fingerprint density at radius 1 is 0.970 bits per heavy atom. The lowest BCUT2D eigenvalue weighted by Crippen LogP contribution is -2.21. The molecule has 0 aliphatic carbocycles. The van der Waals surface area contributed by atoms with Crippen molar-refractivity contribution in [2.45, 2.75) is 12.7 Å². The van der Waals surface area contributed by atoms with E-state index in [1.807, 2.05) is 18.2 Å². The van der Waals surface area contributed by atoms with Crippen molar-refractivity contribution in [1.29, 1.82) is 0 Å². The Morgan fingerprint density at radius 3 is 2.55 bits per heavy atom. The van der Waals surface area contributed by atoms with Gasteiger partial charge in [-0.05, 0) is 53.1 Å². The summed E-state index contributed by atoms with van der Waals surface area (Å²) < 4.78 is 37.9. The molecule has 0 unspecified atom stereocenters. The second-order valence-corrected chi connectivity index (χ2v) is 8.13. The van der Waals surface area contributed by atoms with Crippen LogP contribution in [0.15, 0.2) is 73.1 Å². The average Bonchev–Trinajstić information content (AvgIpc) is 3.30. The van der Waals surface area contributed by atoms with Crippen LogP contribution in [0.1, 0.15) is 20.8 Å². The van der Waals surface area contributed by atoms with Crippen LogP contribution in [0.2, 0.25) is 0 Å². The molecular formula is C24H16F3N3O2S. The molecule has 0 saturated heterocycles. The SMILES string of the molecule is O=C(C=Cc1cccc(-c2ccc(C(=O)C(F)(F)F)s2)c1)NCc1ccc2nccnc2c1. The molecule has 0 spiro atoms. The summed E-state index contributed by atoms with van der Waals surface area (Å²) in [4.78, 5) is 32.2. The van der Waals surface area contributed by atoms with Crippen molar-refractivity contribution < 1.29 is 22.8 Å². The summed E-state index contributed by atoms with van der Waals surface area (Å²) in [5.41, 5.74) is 3.74. The van der Waals surface area contributed by atoms with Gasteiger partial charge in [0.1, 0.15) is 0 Å². The first kappa shape index (κ1) is 22.3. The Balaban J connectivity index is 1.40. The highest BCUT2D eigenvalue weighted by Gasteiger charge is 2.40. The Hall–Kier alpha value is -3.85. The Labute approximate surface area is 190 Å². The highest BCUT2D eigenvalue weighted by atomic mass is 32.1. The molecule has 0 atom stereocenters. The molecule has 0 aliphatic rings. The molecule has 2 aromatic carbocycles. The predicted molar refractivity (Wildman–Crippen MR) is 121 cm³/mol. The number of amides is 1. The van der Waals surface area contributed by atoms with Gasteiger partial charge in [-0.15, -0.1) is 11.3 Å². The first-order valence-corrected chi connectivity index (χ1v) is 10.6. The largest absolute Gasteiger partial charge is 0.455 e. The van der Waals surface area contributed by atoms with Gasteiger partial charge < -0.3 is 5.32 Å². The van der Waals surface area contributed by atoms with Crippen LogP contribution in [-0.4, -0.2) is 27.8 Å². The summed E-state index contributed by atoms with van der Waals surface area (Å²) in [7, 11) is 0. The monoisotopic (exact) mass is 467 g/mol. The molecular weight excluding hydrogens is 451 g/mol. The molecule has 4 aromatic rings. The van der Waals surface area contributed by atoms with E-state index in [0.29, 0.717) is 22.5 Å². The molecule has 2 aromatic heterocycles. The van der Waals surface area contributed by atoms with E-state index < -0.39 is 12.0 Å². The van der Waals surface area contributed by atoms with Gasteiger partial charge in [-0.25, -0.2) is 0 Å². The van der Waals surface area contributed by atoms with Gasteiger partial charge in [-0.3, -0.25) is 19.6 Å². The van der Waals surface area contributed by atoms with Gasteiger partial charge in [0.25, 0.3) is 5.78 Å². The highest BCUT2D eigenvalue weighted by molar-refractivity contribution is 7.17. The number of alkyl halides is 3. The van der Waals surface area contributed by atoms with E-state index in [0.717, 1.165) is 27.9 Å². The number of nitrogens with one attached hydrogen (secondary N) is 1. The number of nitrogens with zero attached hydrogens (tertiary/aromatic N) is 2. The number of hydrogen-bond acceptors (Lipinski definition) is 5. The number of carbonyl (C=O) groups is 2. The number of hydrogen-bond donors (Lipinski definition) is 1. The van der Waals surface area contributed by atoms with E-state index in [9.17, 15) is 22.8 Å². The summed E-state index contributed by atoms with van der Waals surface area (Å²) in [5.74, 6) is -2.15. The zero-order chi connectivity index (χ0) is 23.4. The molecule has 0 radical (unpaired) electrons. The maximum atomic E-state index is 12.6. The Morgan fingerprint density at radius 2 is 1.76 bits per heavy atom. The van der Waals surface area contributed by atoms with Crippen LogP contribution in [0.5, 0.6) is 0 Å². The Bertz CT molecular complexity index is 1360. The second-order valence-electron chi connectivity index (χ2n) is 7.05. The van der Waals surface area contributed by atoms with Crippen molar-refractivity contribution in [2.75, 3.05) is 0 Å². The minimum absolute atomic E-state index is 0.297. The van der Waals surface area contributed by atoms with E-state index in [2.05, 4.69) is 15.3 Å². The number of benzene rings is 2. The zero-order valence-corrected chi connectivity index (χ0v) is 17.8. The smallest absolute Gasteiger partial charge is 0.348 e. The summed E-state index contributed by atoms with van der Waals surface area (Å²) >= 11 is 0.778. The van der Waals surface area contributed by atoms with E-state index in [4.69, 9.17) is 0 Å². The summed E-state index contributed by atoms with van der Waals surface area (Å²) in [6, 6.07) is 15.2. The minimum Gasteiger partial charge on any atom is -0.348 e. The number of ketones is 1. The molecule has 2 heterocycles. The second kappa shape index (κ2) is 9.33. The van der Waals surface area contributed by atoms with Crippen molar-refractivity contribution in [3.05, 3.63) is 89.1 Å². The van der Waals surface area contributed by atoms with Gasteiger partial charge in [0, 0.05) is 29.9 Å². The van der Waals surface area contributed by atoms with Crippen LogP contribution < -0.4 is 5.32 Å². The molecule has 33 heavy (non-hydrogen) atoms. The molecule has 166 valence electrons. The van der Waals surface area contributed by atoms with Crippen LogP contribution >= 0.6 is 11.3 Å². The summed E-state index contributed by atoms with van der Waals surface area (Å²) in [6.45, 7) is 0.320. The topological polar surface area (TPSA) is 72.0 Å². The van der Waals surface area contributed by atoms with Crippen LogP contribution in [0.3, 0.4) is 0 Å².